The molecule has 1 N–H and O–H groups in total. The number of H-pyrrole nitrogens is 1. The second-order valence-corrected chi connectivity index (χ2v) is 7.59. The molecule has 0 saturated carbocycles. The van der Waals surface area contributed by atoms with Crippen molar-refractivity contribution in [1.82, 2.24) is 15.0 Å². The van der Waals surface area contributed by atoms with Crippen LogP contribution in [-0.4, -0.2) is 53.9 Å². The number of aromatic nitrogens is 2. The van der Waals surface area contributed by atoms with Gasteiger partial charge in [-0.3, -0.25) is 4.79 Å². The second-order valence-electron chi connectivity index (χ2n) is 6.62. The lowest BCUT2D eigenvalue weighted by atomic mass is 10.1. The van der Waals surface area contributed by atoms with E-state index in [1.54, 1.807) is 19.2 Å². The summed E-state index contributed by atoms with van der Waals surface area (Å²) in [5.41, 5.74) is 2.44. The van der Waals surface area contributed by atoms with Crippen LogP contribution in [0.5, 0.6) is 17.2 Å². The maximum absolute atomic E-state index is 12.3. The third kappa shape index (κ3) is 4.11. The summed E-state index contributed by atoms with van der Waals surface area (Å²) in [5.74, 6) is 2.05. The fourth-order valence-electron chi connectivity index (χ4n) is 3.24. The Hall–Kier alpha value is -3.40. The summed E-state index contributed by atoms with van der Waals surface area (Å²) in [7, 11) is 4.62. The van der Waals surface area contributed by atoms with Gasteiger partial charge in [0.25, 0.3) is 0 Å². The Morgan fingerprint density at radius 3 is 2.52 bits per heavy atom. The van der Waals surface area contributed by atoms with Crippen LogP contribution in [0.3, 0.4) is 0 Å². The maximum atomic E-state index is 12.3. The lowest BCUT2D eigenvalue weighted by Gasteiger charge is -2.22. The van der Waals surface area contributed by atoms with Gasteiger partial charge in [0, 0.05) is 13.0 Å². The molecular formula is C21H22N4O5S. The van der Waals surface area contributed by atoms with E-state index in [-0.39, 0.29) is 5.91 Å². The van der Waals surface area contributed by atoms with Gasteiger partial charge in [-0.05, 0) is 18.2 Å². The number of carbonyl (C=O) groups excluding carboxylic acids is 1. The molecule has 3 aromatic rings. The average molecular weight is 442 g/mol. The van der Waals surface area contributed by atoms with Gasteiger partial charge in [0.2, 0.25) is 18.0 Å². The van der Waals surface area contributed by atoms with Crippen LogP contribution in [0.4, 0.5) is 0 Å². The minimum Gasteiger partial charge on any atom is -0.496 e. The number of rotatable bonds is 7. The summed E-state index contributed by atoms with van der Waals surface area (Å²) < 4.78 is 22.3. The summed E-state index contributed by atoms with van der Waals surface area (Å²) in [6.45, 7) is 1.43. The fraction of sp³-hybridized carbons (Fsp3) is 0.286. The van der Waals surface area contributed by atoms with Crippen molar-refractivity contribution in [3.05, 3.63) is 42.0 Å². The molecule has 10 heteroatoms. The van der Waals surface area contributed by atoms with Crippen LogP contribution in [0.15, 0.2) is 46.7 Å². The Bertz CT molecular complexity index is 1110. The lowest BCUT2D eigenvalue weighted by Crippen LogP contribution is -2.25. The zero-order chi connectivity index (χ0) is 22.0. The number of nitrogens with one attached hydrogen (secondary N) is 1. The van der Waals surface area contributed by atoms with Gasteiger partial charge in [0.05, 0.1) is 43.7 Å². The smallest absolute Gasteiger partial charge is 0.243 e. The van der Waals surface area contributed by atoms with Gasteiger partial charge >= 0.3 is 0 Å². The first-order valence-corrected chi connectivity index (χ1v) is 10.4. The van der Waals surface area contributed by atoms with Crippen molar-refractivity contribution in [2.24, 2.45) is 5.10 Å². The average Bonchev–Trinajstić information content (AvgIpc) is 3.40. The van der Waals surface area contributed by atoms with E-state index >= 15 is 0 Å². The van der Waals surface area contributed by atoms with Gasteiger partial charge in [-0.1, -0.05) is 23.9 Å². The molecule has 162 valence electrons. The molecule has 1 aromatic heterocycles. The van der Waals surface area contributed by atoms with Crippen molar-refractivity contribution in [3.63, 3.8) is 0 Å². The van der Waals surface area contributed by atoms with Gasteiger partial charge in [0.15, 0.2) is 16.7 Å². The minimum atomic E-state index is -0.779. The summed E-state index contributed by atoms with van der Waals surface area (Å²) in [4.78, 5) is 20.1. The highest BCUT2D eigenvalue weighted by Gasteiger charge is 2.35. The Kier molecular flexibility index (Phi) is 5.90. The molecule has 2 aromatic carbocycles. The molecule has 0 aliphatic carbocycles. The normalized spacial score (nSPS) is 15.5. The maximum Gasteiger partial charge on any atom is 0.243 e. The molecule has 1 amide bonds. The van der Waals surface area contributed by atoms with Crippen LogP contribution in [-0.2, 0) is 9.53 Å². The van der Waals surface area contributed by atoms with Gasteiger partial charge in [-0.15, -0.1) is 5.10 Å². The first kappa shape index (κ1) is 20.9. The standard InChI is InChI=1S/C21H22N4O5S/c1-12(26)25-20(13-9-17(28-3)18(29-4)10-16(13)27-2)30-19(24-25)11-31-21-22-14-7-5-6-8-15(14)23-21/h5-10,20H,11H2,1-4H3,(H,22,23). The first-order chi connectivity index (χ1) is 15.0. The zero-order valence-corrected chi connectivity index (χ0v) is 18.4. The lowest BCUT2D eigenvalue weighted by molar-refractivity contribution is -0.135. The molecular weight excluding hydrogens is 420 g/mol. The van der Waals surface area contributed by atoms with E-state index in [2.05, 4.69) is 15.1 Å². The molecule has 2 heterocycles. The zero-order valence-electron chi connectivity index (χ0n) is 17.5. The molecule has 0 radical (unpaired) electrons. The van der Waals surface area contributed by atoms with E-state index < -0.39 is 6.23 Å². The summed E-state index contributed by atoms with van der Waals surface area (Å²) in [6.07, 6.45) is -0.779. The van der Waals surface area contributed by atoms with E-state index in [4.69, 9.17) is 18.9 Å². The van der Waals surface area contributed by atoms with Crippen molar-refractivity contribution in [2.45, 2.75) is 18.3 Å². The summed E-state index contributed by atoms with van der Waals surface area (Å²) >= 11 is 1.44. The summed E-state index contributed by atoms with van der Waals surface area (Å²) in [5, 5.41) is 6.41. The molecule has 1 aliphatic rings. The Balaban J connectivity index is 1.57. The number of thioether (sulfide) groups is 1. The van der Waals surface area contributed by atoms with Crippen LogP contribution >= 0.6 is 11.8 Å². The van der Waals surface area contributed by atoms with Gasteiger partial charge in [-0.25, -0.2) is 4.98 Å². The number of ether oxygens (including phenoxy) is 4. The highest BCUT2D eigenvalue weighted by molar-refractivity contribution is 7.99. The SMILES string of the molecule is COc1cc(OC)c(C2OC(CSc3nc4ccccc4[nH]3)=NN2C(C)=O)cc1OC. The predicted molar refractivity (Wildman–Crippen MR) is 117 cm³/mol. The Labute approximate surface area is 183 Å². The Morgan fingerprint density at radius 2 is 1.84 bits per heavy atom. The van der Waals surface area contributed by atoms with Crippen molar-refractivity contribution in [2.75, 3.05) is 27.1 Å². The molecule has 1 atom stereocenters. The predicted octanol–water partition coefficient (Wildman–Crippen LogP) is 3.57. The number of hydrazone groups is 1. The van der Waals surface area contributed by atoms with Gasteiger partial charge in [0.1, 0.15) is 5.75 Å². The number of hydrogen-bond acceptors (Lipinski definition) is 8. The highest BCUT2D eigenvalue weighted by Crippen LogP contribution is 2.41. The molecule has 0 bridgehead atoms. The molecule has 31 heavy (non-hydrogen) atoms. The van der Waals surface area contributed by atoms with E-state index in [1.165, 1.54) is 37.9 Å². The third-order valence-corrected chi connectivity index (χ3v) is 5.57. The van der Waals surface area contributed by atoms with Crippen molar-refractivity contribution in [3.8, 4) is 17.2 Å². The minimum absolute atomic E-state index is 0.259. The molecule has 4 rings (SSSR count). The molecule has 0 spiro atoms. The Morgan fingerprint density at radius 1 is 1.13 bits per heavy atom. The molecule has 1 aliphatic heterocycles. The van der Waals surface area contributed by atoms with Crippen molar-refractivity contribution < 1.29 is 23.7 Å². The molecule has 0 saturated heterocycles. The van der Waals surface area contributed by atoms with Crippen molar-refractivity contribution in [1.29, 1.82) is 0 Å². The molecule has 1 unspecified atom stereocenters. The van der Waals surface area contributed by atoms with Gasteiger partial charge < -0.3 is 23.9 Å². The number of aromatic amines is 1. The van der Waals surface area contributed by atoms with E-state index in [9.17, 15) is 4.79 Å². The number of imidazole rings is 1. The number of carbonyl (C=O) groups is 1. The third-order valence-electron chi connectivity index (χ3n) is 4.71. The molecule has 0 fully saturated rings. The van der Waals surface area contributed by atoms with Crippen LogP contribution in [0.25, 0.3) is 11.0 Å². The molecule has 9 nitrogen and oxygen atoms in total. The quantitative estimate of drug-likeness (QED) is 0.559. The van der Waals surface area contributed by atoms with Crippen molar-refractivity contribution >= 4 is 34.6 Å². The van der Waals surface area contributed by atoms with E-state index in [0.717, 1.165) is 16.2 Å². The van der Waals surface area contributed by atoms with Crippen LogP contribution in [0.2, 0.25) is 0 Å². The number of amides is 1. The van der Waals surface area contributed by atoms with Gasteiger partial charge in [-0.2, -0.15) is 5.01 Å². The van der Waals surface area contributed by atoms with Crippen LogP contribution in [0, 0.1) is 0 Å². The monoisotopic (exact) mass is 442 g/mol. The number of hydrogen-bond donors (Lipinski definition) is 1. The fourth-order valence-corrected chi connectivity index (χ4v) is 3.97. The topological polar surface area (TPSA) is 98.3 Å². The number of fused-ring (bicyclic) bond motifs is 1. The number of methoxy groups -OCH3 is 3. The number of benzene rings is 2. The van der Waals surface area contributed by atoms with Crippen LogP contribution in [0.1, 0.15) is 18.7 Å². The second kappa shape index (κ2) is 8.76. The number of para-hydroxylation sites is 2. The highest BCUT2D eigenvalue weighted by atomic mass is 32.2. The summed E-state index contributed by atoms with van der Waals surface area (Å²) in [6, 6.07) is 11.2. The van der Waals surface area contributed by atoms with E-state index in [1.807, 2.05) is 24.3 Å². The largest absolute Gasteiger partial charge is 0.496 e. The van der Waals surface area contributed by atoms with E-state index in [0.29, 0.717) is 34.5 Å². The first-order valence-electron chi connectivity index (χ1n) is 9.45. The number of nitrogens with zero attached hydrogens (tertiary/aromatic N) is 3. The van der Waals surface area contributed by atoms with Crippen LogP contribution < -0.4 is 14.2 Å².